The highest BCUT2D eigenvalue weighted by Crippen LogP contribution is 2.18. The molecule has 130 valence electrons. The quantitative estimate of drug-likeness (QED) is 0.420. The van der Waals surface area contributed by atoms with Crippen LogP contribution in [0.5, 0.6) is 5.75 Å². The molecule has 0 amide bonds. The Bertz CT molecular complexity index is 476. The first-order chi connectivity index (χ1) is 11.1. The number of hydrogen-bond acceptors (Lipinski definition) is 3. The highest BCUT2D eigenvalue weighted by Gasteiger charge is 1.98. The third-order valence-electron chi connectivity index (χ3n) is 2.53. The van der Waals surface area contributed by atoms with Crippen molar-refractivity contribution >= 4 is 6.16 Å². The molecular weight excluding hydrogens is 292 g/mol. The van der Waals surface area contributed by atoms with Gasteiger partial charge in [-0.2, -0.15) is 0 Å². The first-order valence-corrected chi connectivity index (χ1v) is 7.90. The Labute approximate surface area is 140 Å². The van der Waals surface area contributed by atoms with E-state index in [9.17, 15) is 4.79 Å². The summed E-state index contributed by atoms with van der Waals surface area (Å²) in [7, 11) is 1.72. The van der Waals surface area contributed by atoms with E-state index in [1.807, 2.05) is 32.0 Å². The number of benzene rings is 1. The van der Waals surface area contributed by atoms with Crippen LogP contribution >= 0.6 is 0 Å². The monoisotopic (exact) mass is 322 g/mol. The molecule has 0 aliphatic rings. The first kappa shape index (κ1) is 23.0. The van der Waals surface area contributed by atoms with Gasteiger partial charge in [-0.3, -0.25) is 0 Å². The van der Waals surface area contributed by atoms with Gasteiger partial charge in [0, 0.05) is 0 Å². The Balaban J connectivity index is 0. The number of allylic oxidation sites excluding steroid dienone is 3. The van der Waals surface area contributed by atoms with Crippen LogP contribution in [-0.2, 0) is 11.2 Å². The average Bonchev–Trinajstić information content (AvgIpc) is 2.57. The second-order valence-electron chi connectivity index (χ2n) is 4.12. The van der Waals surface area contributed by atoms with E-state index in [1.165, 1.54) is 12.0 Å². The zero-order chi connectivity index (χ0) is 18.1. The molecule has 0 bridgehead atoms. The Morgan fingerprint density at radius 3 is 2.26 bits per heavy atom. The summed E-state index contributed by atoms with van der Waals surface area (Å²) in [6, 6.07) is 8.17. The van der Waals surface area contributed by atoms with E-state index in [4.69, 9.17) is 9.84 Å². The summed E-state index contributed by atoms with van der Waals surface area (Å²) in [6.45, 7) is 9.67. The molecule has 0 spiro atoms. The Morgan fingerprint density at radius 1 is 1.22 bits per heavy atom. The molecule has 4 nitrogen and oxygen atoms in total. The van der Waals surface area contributed by atoms with Crippen LogP contribution in [0, 0.1) is 0 Å². The van der Waals surface area contributed by atoms with Gasteiger partial charge in [-0.25, -0.2) is 4.79 Å². The molecule has 0 aromatic heterocycles. The summed E-state index contributed by atoms with van der Waals surface area (Å²) in [4.78, 5) is 9.95. The Hall–Kier alpha value is -2.23. The number of carboxylic acid groups (broad SMARTS) is 1. The molecule has 1 aromatic rings. The van der Waals surface area contributed by atoms with Gasteiger partial charge in [0.05, 0.1) is 7.11 Å². The van der Waals surface area contributed by atoms with Crippen molar-refractivity contribution in [2.45, 2.75) is 47.5 Å². The number of hydrogen-bond donors (Lipinski definition) is 1. The molecule has 23 heavy (non-hydrogen) atoms. The summed E-state index contributed by atoms with van der Waals surface area (Å²) in [6.07, 6.45) is 5.84. The van der Waals surface area contributed by atoms with Crippen molar-refractivity contribution in [1.82, 2.24) is 0 Å². The van der Waals surface area contributed by atoms with Gasteiger partial charge in [0.25, 0.3) is 0 Å². The minimum Gasteiger partial charge on any atom is -0.496 e. The van der Waals surface area contributed by atoms with Gasteiger partial charge in [0.2, 0.25) is 0 Å². The van der Waals surface area contributed by atoms with Crippen molar-refractivity contribution < 1.29 is 19.4 Å². The molecule has 0 aliphatic carbocycles. The molecular formula is C19H30O4. The van der Waals surface area contributed by atoms with Crippen molar-refractivity contribution in [2.24, 2.45) is 0 Å². The minimum atomic E-state index is -1.29. The molecule has 0 heterocycles. The van der Waals surface area contributed by atoms with Crippen molar-refractivity contribution in [2.75, 3.05) is 7.11 Å². The van der Waals surface area contributed by atoms with Crippen LogP contribution in [0.15, 0.2) is 48.3 Å². The average molecular weight is 322 g/mol. The van der Waals surface area contributed by atoms with Crippen LogP contribution in [0.4, 0.5) is 4.79 Å². The lowest BCUT2D eigenvalue weighted by Gasteiger charge is -2.05. The first-order valence-electron chi connectivity index (χ1n) is 7.90. The molecule has 0 atom stereocenters. The van der Waals surface area contributed by atoms with E-state index in [0.29, 0.717) is 5.76 Å². The maximum Gasteiger partial charge on any atom is 0.511 e. The smallest absolute Gasteiger partial charge is 0.496 e. The standard InChI is InChI=1S/C10H14O.C7H10O3.C2H6/c1-3-6-9-7-4-5-8-10(9)11-2;1-3-5-6(4-2)10-7(8)9;1-2/h4-5,7-8H,3,6H2,1-2H3;3-5H,1-2H3,(H,8,9);1-2H3/b;5-3-,6-4+;. The third kappa shape index (κ3) is 12.0. The highest BCUT2D eigenvalue weighted by molar-refractivity contribution is 5.59. The zero-order valence-corrected chi connectivity index (χ0v) is 15.1. The van der Waals surface area contributed by atoms with E-state index in [1.54, 1.807) is 39.2 Å². The van der Waals surface area contributed by atoms with Crippen LogP contribution in [0.3, 0.4) is 0 Å². The molecule has 1 aromatic carbocycles. The molecule has 0 fully saturated rings. The molecule has 0 radical (unpaired) electrons. The maximum absolute atomic E-state index is 9.95. The summed E-state index contributed by atoms with van der Waals surface area (Å²) in [5, 5.41) is 8.14. The third-order valence-corrected chi connectivity index (χ3v) is 2.53. The van der Waals surface area contributed by atoms with Crippen LogP contribution < -0.4 is 4.74 Å². The van der Waals surface area contributed by atoms with Crippen LogP contribution in [0.25, 0.3) is 0 Å². The number of methoxy groups -OCH3 is 1. The van der Waals surface area contributed by atoms with E-state index in [0.717, 1.165) is 12.2 Å². The second-order valence-corrected chi connectivity index (χ2v) is 4.12. The second kappa shape index (κ2) is 16.1. The fourth-order valence-corrected chi connectivity index (χ4v) is 1.63. The normalized spacial score (nSPS) is 10.1. The lowest BCUT2D eigenvalue weighted by Crippen LogP contribution is -1.97. The fraction of sp³-hybridized carbons (Fsp3) is 0.421. The topological polar surface area (TPSA) is 55.8 Å². The number of rotatable bonds is 5. The molecule has 0 unspecified atom stereocenters. The van der Waals surface area contributed by atoms with Crippen LogP contribution in [0.2, 0.25) is 0 Å². The predicted octanol–water partition coefficient (Wildman–Crippen LogP) is 5.83. The van der Waals surface area contributed by atoms with E-state index >= 15 is 0 Å². The number of para-hydroxylation sites is 1. The summed E-state index contributed by atoms with van der Waals surface area (Å²) < 4.78 is 9.53. The van der Waals surface area contributed by atoms with Gasteiger partial charge in [-0.15, -0.1) is 0 Å². The maximum atomic E-state index is 9.95. The summed E-state index contributed by atoms with van der Waals surface area (Å²) in [5.41, 5.74) is 1.30. The summed E-state index contributed by atoms with van der Waals surface area (Å²) in [5.74, 6) is 1.35. The molecule has 1 rings (SSSR count). The molecule has 4 heteroatoms. The lowest BCUT2D eigenvalue weighted by atomic mass is 10.1. The fourth-order valence-electron chi connectivity index (χ4n) is 1.63. The molecule has 0 saturated carbocycles. The number of aryl methyl sites for hydroxylation is 1. The predicted molar refractivity (Wildman–Crippen MR) is 96.0 cm³/mol. The number of ether oxygens (including phenoxy) is 2. The van der Waals surface area contributed by atoms with Gasteiger partial charge < -0.3 is 14.6 Å². The highest BCUT2D eigenvalue weighted by atomic mass is 16.7. The van der Waals surface area contributed by atoms with E-state index < -0.39 is 6.16 Å². The SMILES string of the molecule is C/C=C\C(=C/C)OC(=O)O.CC.CCCc1ccccc1OC. The zero-order valence-electron chi connectivity index (χ0n) is 15.1. The van der Waals surface area contributed by atoms with Crippen molar-refractivity contribution in [3.8, 4) is 5.75 Å². The Morgan fingerprint density at radius 2 is 1.83 bits per heavy atom. The van der Waals surface area contributed by atoms with Crippen LogP contribution in [0.1, 0.15) is 46.6 Å². The lowest BCUT2D eigenvalue weighted by molar-refractivity contribution is 0.121. The molecule has 0 saturated heterocycles. The van der Waals surface area contributed by atoms with E-state index in [2.05, 4.69) is 17.7 Å². The van der Waals surface area contributed by atoms with Gasteiger partial charge >= 0.3 is 6.16 Å². The van der Waals surface area contributed by atoms with Crippen LogP contribution in [-0.4, -0.2) is 18.4 Å². The summed E-state index contributed by atoms with van der Waals surface area (Å²) >= 11 is 0. The van der Waals surface area contributed by atoms with Gasteiger partial charge in [-0.1, -0.05) is 51.5 Å². The van der Waals surface area contributed by atoms with Gasteiger partial charge in [-0.05, 0) is 44.1 Å². The van der Waals surface area contributed by atoms with Crippen molar-refractivity contribution in [3.63, 3.8) is 0 Å². The van der Waals surface area contributed by atoms with Crippen molar-refractivity contribution in [3.05, 3.63) is 53.8 Å². The van der Waals surface area contributed by atoms with Gasteiger partial charge in [0.15, 0.2) is 0 Å². The van der Waals surface area contributed by atoms with Gasteiger partial charge in [0.1, 0.15) is 11.5 Å². The minimum absolute atomic E-state index is 0.343. The Kier molecular flexibility index (Phi) is 16.2. The van der Waals surface area contributed by atoms with Crippen molar-refractivity contribution in [1.29, 1.82) is 0 Å². The number of carbonyl (C=O) groups is 1. The largest absolute Gasteiger partial charge is 0.511 e. The van der Waals surface area contributed by atoms with E-state index in [-0.39, 0.29) is 0 Å². The molecule has 0 aliphatic heterocycles. The molecule has 1 N–H and O–H groups in total.